The third kappa shape index (κ3) is 4.46. The van der Waals surface area contributed by atoms with Crippen LogP contribution < -0.4 is 4.74 Å². The van der Waals surface area contributed by atoms with Crippen molar-refractivity contribution in [3.8, 4) is 5.75 Å². The molecular weight excluding hydrogens is 262 g/mol. The molecule has 0 N–H and O–H groups in total. The third-order valence-corrected chi connectivity index (χ3v) is 2.66. The number of halogens is 2. The smallest absolute Gasteiger partial charge is 0.343 e. The summed E-state index contributed by atoms with van der Waals surface area (Å²) in [6.45, 7) is 7.45. The molecule has 1 rings (SSSR count). The van der Waals surface area contributed by atoms with Gasteiger partial charge < -0.3 is 4.74 Å². The Morgan fingerprint density at radius 3 is 2.55 bits per heavy atom. The van der Waals surface area contributed by atoms with Crippen LogP contribution in [0, 0.1) is 11.6 Å². The van der Waals surface area contributed by atoms with Crippen molar-refractivity contribution in [1.82, 2.24) is 0 Å². The average Bonchev–Trinajstić information content (AvgIpc) is 2.43. The van der Waals surface area contributed by atoms with Crippen molar-refractivity contribution < 1.29 is 18.3 Å². The number of hydrogen-bond acceptors (Lipinski definition) is 2. The van der Waals surface area contributed by atoms with Gasteiger partial charge in [-0.15, -0.1) is 0 Å². The van der Waals surface area contributed by atoms with Crippen molar-refractivity contribution in [2.75, 3.05) is 0 Å². The lowest BCUT2D eigenvalue weighted by molar-refractivity contribution is -0.129. The van der Waals surface area contributed by atoms with E-state index in [2.05, 4.69) is 6.58 Å². The Morgan fingerprint density at radius 1 is 1.30 bits per heavy atom. The van der Waals surface area contributed by atoms with Gasteiger partial charge in [-0.2, -0.15) is 0 Å². The fraction of sp³-hybridized carbons (Fsp3) is 0.188. The van der Waals surface area contributed by atoms with Crippen LogP contribution in [0.4, 0.5) is 8.78 Å². The quantitative estimate of drug-likeness (QED) is 0.346. The first-order chi connectivity index (χ1) is 9.47. The van der Waals surface area contributed by atoms with E-state index in [-0.39, 0.29) is 11.3 Å². The zero-order valence-electron chi connectivity index (χ0n) is 11.5. The lowest BCUT2D eigenvalue weighted by atomic mass is 10.2. The molecule has 0 unspecified atom stereocenters. The Labute approximate surface area is 117 Å². The van der Waals surface area contributed by atoms with Crippen molar-refractivity contribution >= 4 is 5.97 Å². The van der Waals surface area contributed by atoms with E-state index < -0.39 is 17.6 Å². The molecule has 0 atom stereocenters. The van der Waals surface area contributed by atoms with E-state index in [1.807, 2.05) is 13.8 Å². The zero-order chi connectivity index (χ0) is 15.1. The third-order valence-electron chi connectivity index (χ3n) is 2.66. The first-order valence-corrected chi connectivity index (χ1v) is 6.15. The first kappa shape index (κ1) is 15.8. The summed E-state index contributed by atoms with van der Waals surface area (Å²) in [5.41, 5.74) is 1.33. The molecule has 0 aliphatic rings. The highest BCUT2D eigenvalue weighted by atomic mass is 19.2. The van der Waals surface area contributed by atoms with Gasteiger partial charge in [0.2, 0.25) is 0 Å². The van der Waals surface area contributed by atoms with Crippen LogP contribution in [0.3, 0.4) is 0 Å². The molecule has 0 saturated heterocycles. The van der Waals surface area contributed by atoms with Crippen LogP contribution in [0.5, 0.6) is 5.75 Å². The monoisotopic (exact) mass is 278 g/mol. The fourth-order valence-corrected chi connectivity index (χ4v) is 1.28. The van der Waals surface area contributed by atoms with E-state index in [0.717, 1.165) is 24.1 Å². The molecule has 20 heavy (non-hydrogen) atoms. The van der Waals surface area contributed by atoms with E-state index in [4.69, 9.17) is 4.74 Å². The molecular formula is C16H16F2O2. The van der Waals surface area contributed by atoms with E-state index >= 15 is 0 Å². The predicted molar refractivity (Wildman–Crippen MR) is 74.3 cm³/mol. The summed E-state index contributed by atoms with van der Waals surface area (Å²) in [6, 6.07) is 2.90. The number of carbonyl (C=O) groups is 1. The van der Waals surface area contributed by atoms with Gasteiger partial charge in [0.05, 0.1) is 5.57 Å². The molecule has 106 valence electrons. The van der Waals surface area contributed by atoms with Gasteiger partial charge in [0.15, 0.2) is 11.6 Å². The van der Waals surface area contributed by atoms with E-state index in [1.54, 1.807) is 12.2 Å². The maximum atomic E-state index is 13.0. The van der Waals surface area contributed by atoms with Crippen LogP contribution >= 0.6 is 0 Å². The molecule has 0 bridgehead atoms. The van der Waals surface area contributed by atoms with Crippen LogP contribution in [0.1, 0.15) is 20.3 Å². The maximum absolute atomic E-state index is 13.0. The predicted octanol–water partition coefficient (Wildman–Crippen LogP) is 4.34. The van der Waals surface area contributed by atoms with Crippen LogP contribution in [-0.2, 0) is 4.79 Å². The van der Waals surface area contributed by atoms with Crippen LogP contribution in [0.15, 0.2) is 54.2 Å². The highest BCUT2D eigenvalue weighted by Crippen LogP contribution is 2.17. The van der Waals surface area contributed by atoms with Crippen molar-refractivity contribution in [3.05, 3.63) is 65.8 Å². The second-order valence-electron chi connectivity index (χ2n) is 4.16. The summed E-state index contributed by atoms with van der Waals surface area (Å²) in [4.78, 5) is 11.8. The van der Waals surface area contributed by atoms with E-state index in [0.29, 0.717) is 0 Å². The molecule has 0 aromatic heterocycles. The number of ether oxygens (including phenoxy) is 1. The summed E-state index contributed by atoms with van der Waals surface area (Å²) < 4.78 is 30.7. The Bertz CT molecular complexity index is 572. The topological polar surface area (TPSA) is 26.3 Å². The lowest BCUT2D eigenvalue weighted by Crippen LogP contribution is -2.10. The lowest BCUT2D eigenvalue weighted by Gasteiger charge is -2.05. The molecule has 4 heteroatoms. The van der Waals surface area contributed by atoms with Gasteiger partial charge >= 0.3 is 5.97 Å². The Morgan fingerprint density at radius 2 is 2.00 bits per heavy atom. The zero-order valence-corrected chi connectivity index (χ0v) is 11.5. The Kier molecular flexibility index (Phi) is 5.84. The normalized spacial score (nSPS) is 12.2. The summed E-state index contributed by atoms with van der Waals surface area (Å²) >= 11 is 0. The van der Waals surface area contributed by atoms with Gasteiger partial charge in [-0.05, 0) is 31.6 Å². The minimum Gasteiger partial charge on any atom is -0.423 e. The van der Waals surface area contributed by atoms with Crippen LogP contribution in [0.25, 0.3) is 0 Å². The Hall–Kier alpha value is -2.23. The molecule has 0 fully saturated rings. The van der Waals surface area contributed by atoms with Gasteiger partial charge in [0, 0.05) is 6.07 Å². The summed E-state index contributed by atoms with van der Waals surface area (Å²) in [7, 11) is 0. The number of esters is 1. The maximum Gasteiger partial charge on any atom is 0.343 e. The molecule has 0 aliphatic heterocycles. The van der Waals surface area contributed by atoms with Crippen molar-refractivity contribution in [2.24, 2.45) is 0 Å². The van der Waals surface area contributed by atoms with E-state index in [9.17, 15) is 13.6 Å². The molecule has 2 nitrogen and oxygen atoms in total. The van der Waals surface area contributed by atoms with Gasteiger partial charge in [-0.3, -0.25) is 0 Å². The minimum atomic E-state index is -1.07. The standard InChI is InChI=1S/C16H16F2O2/c1-4-11(3)6-7-12(5-2)16(19)20-13-8-9-14(17)15(18)10-13/h5-10H,2,4H2,1,3H3/b11-6-,12-7+. The van der Waals surface area contributed by atoms with Crippen molar-refractivity contribution in [1.29, 1.82) is 0 Å². The van der Waals surface area contributed by atoms with Crippen molar-refractivity contribution in [2.45, 2.75) is 20.3 Å². The molecule has 1 aromatic rings. The first-order valence-electron chi connectivity index (χ1n) is 6.15. The molecule has 0 aliphatic carbocycles. The second-order valence-corrected chi connectivity index (χ2v) is 4.16. The number of allylic oxidation sites excluding steroid dienone is 3. The van der Waals surface area contributed by atoms with Crippen LogP contribution in [0.2, 0.25) is 0 Å². The van der Waals surface area contributed by atoms with Gasteiger partial charge in [0.1, 0.15) is 5.75 Å². The number of carbonyl (C=O) groups excluding carboxylic acids is 1. The fourth-order valence-electron chi connectivity index (χ4n) is 1.28. The highest BCUT2D eigenvalue weighted by Gasteiger charge is 2.10. The molecule has 0 spiro atoms. The number of hydrogen-bond donors (Lipinski definition) is 0. The van der Waals surface area contributed by atoms with Gasteiger partial charge in [0.25, 0.3) is 0 Å². The molecule has 0 saturated carbocycles. The average molecular weight is 278 g/mol. The van der Waals surface area contributed by atoms with Gasteiger partial charge in [-0.1, -0.05) is 31.2 Å². The minimum absolute atomic E-state index is 0.0576. The molecule has 0 amide bonds. The SMILES string of the molecule is C=C/C(=C\C=C(\C)CC)C(=O)Oc1ccc(F)c(F)c1. The van der Waals surface area contributed by atoms with Gasteiger partial charge in [-0.25, -0.2) is 13.6 Å². The van der Waals surface area contributed by atoms with E-state index in [1.165, 1.54) is 12.1 Å². The largest absolute Gasteiger partial charge is 0.423 e. The molecule has 0 heterocycles. The molecule has 0 radical (unpaired) electrons. The highest BCUT2D eigenvalue weighted by molar-refractivity contribution is 5.93. The molecule has 1 aromatic carbocycles. The summed E-state index contributed by atoms with van der Waals surface area (Å²) in [5, 5.41) is 0. The van der Waals surface area contributed by atoms with Crippen molar-refractivity contribution in [3.63, 3.8) is 0 Å². The summed E-state index contributed by atoms with van der Waals surface area (Å²) in [6.07, 6.45) is 5.57. The van der Waals surface area contributed by atoms with Crippen LogP contribution in [-0.4, -0.2) is 5.97 Å². The summed E-state index contributed by atoms with van der Waals surface area (Å²) in [5.74, 6) is -2.80. The second kappa shape index (κ2) is 7.38. The Balaban J connectivity index is 2.87. The number of benzene rings is 1. The number of rotatable bonds is 5.